The van der Waals surface area contributed by atoms with Crippen LogP contribution in [0.2, 0.25) is 0 Å². The standard InChI is InChI=1S/C13H24INO/c1-9(2)12(8-14)15-13(16)11-6-4-10(3)5-7-11/h9-12H,4-8H2,1-3H3,(H,15,16). The van der Waals surface area contributed by atoms with Gasteiger partial charge in [-0.05, 0) is 37.5 Å². The summed E-state index contributed by atoms with van der Waals surface area (Å²) in [5.41, 5.74) is 0. The quantitative estimate of drug-likeness (QED) is 0.618. The summed E-state index contributed by atoms with van der Waals surface area (Å²) in [5, 5.41) is 3.20. The molecule has 1 aliphatic rings. The fraction of sp³-hybridized carbons (Fsp3) is 0.923. The zero-order valence-electron chi connectivity index (χ0n) is 10.6. The largest absolute Gasteiger partial charge is 0.352 e. The van der Waals surface area contributed by atoms with Crippen LogP contribution in [0.5, 0.6) is 0 Å². The highest BCUT2D eigenvalue weighted by atomic mass is 127. The molecular weight excluding hydrogens is 313 g/mol. The molecule has 1 atom stereocenters. The van der Waals surface area contributed by atoms with Gasteiger partial charge in [-0.25, -0.2) is 0 Å². The van der Waals surface area contributed by atoms with Crippen LogP contribution in [0.25, 0.3) is 0 Å². The minimum Gasteiger partial charge on any atom is -0.352 e. The van der Waals surface area contributed by atoms with Crippen LogP contribution < -0.4 is 5.32 Å². The maximum absolute atomic E-state index is 12.1. The maximum Gasteiger partial charge on any atom is 0.223 e. The normalized spacial score (nSPS) is 27.8. The molecule has 0 saturated heterocycles. The number of alkyl halides is 1. The molecule has 0 radical (unpaired) electrons. The van der Waals surface area contributed by atoms with Gasteiger partial charge >= 0.3 is 0 Å². The molecule has 1 aliphatic carbocycles. The number of amides is 1. The summed E-state index contributed by atoms with van der Waals surface area (Å²) in [6.45, 7) is 6.63. The van der Waals surface area contributed by atoms with E-state index in [0.29, 0.717) is 17.9 Å². The molecule has 0 aliphatic heterocycles. The van der Waals surface area contributed by atoms with Gasteiger partial charge in [-0.15, -0.1) is 0 Å². The van der Waals surface area contributed by atoms with Crippen LogP contribution in [0.4, 0.5) is 0 Å². The third kappa shape index (κ3) is 4.22. The molecule has 0 spiro atoms. The Morgan fingerprint density at radius 1 is 1.31 bits per heavy atom. The molecule has 1 saturated carbocycles. The van der Waals surface area contributed by atoms with Crippen LogP contribution in [0.15, 0.2) is 0 Å². The van der Waals surface area contributed by atoms with Gasteiger partial charge in [0.05, 0.1) is 0 Å². The van der Waals surface area contributed by atoms with E-state index in [1.165, 1.54) is 12.8 Å². The van der Waals surface area contributed by atoms with Gasteiger partial charge in [0.25, 0.3) is 0 Å². The van der Waals surface area contributed by atoms with Gasteiger partial charge in [-0.3, -0.25) is 4.79 Å². The molecule has 0 heterocycles. The van der Waals surface area contributed by atoms with E-state index in [9.17, 15) is 4.79 Å². The van der Waals surface area contributed by atoms with Crippen LogP contribution in [0.3, 0.4) is 0 Å². The second-order valence-corrected chi connectivity index (χ2v) is 6.35. The summed E-state index contributed by atoms with van der Waals surface area (Å²) in [4.78, 5) is 12.1. The topological polar surface area (TPSA) is 29.1 Å². The molecule has 16 heavy (non-hydrogen) atoms. The molecule has 0 aromatic rings. The highest BCUT2D eigenvalue weighted by Crippen LogP contribution is 2.28. The van der Waals surface area contributed by atoms with Crippen LogP contribution >= 0.6 is 22.6 Å². The molecule has 0 aromatic carbocycles. The molecule has 2 nitrogen and oxygen atoms in total. The van der Waals surface area contributed by atoms with Gasteiger partial charge in [0.2, 0.25) is 5.91 Å². The average Bonchev–Trinajstić information content (AvgIpc) is 2.26. The zero-order chi connectivity index (χ0) is 12.1. The molecular formula is C13H24INO. The lowest BCUT2D eigenvalue weighted by Gasteiger charge is -2.28. The maximum atomic E-state index is 12.1. The van der Waals surface area contributed by atoms with Gasteiger partial charge in [0, 0.05) is 16.4 Å². The first-order valence-electron chi connectivity index (χ1n) is 6.41. The van der Waals surface area contributed by atoms with E-state index >= 15 is 0 Å². The van der Waals surface area contributed by atoms with Crippen molar-refractivity contribution in [1.82, 2.24) is 5.32 Å². The van der Waals surface area contributed by atoms with Gasteiger partial charge in [-0.1, -0.05) is 43.4 Å². The van der Waals surface area contributed by atoms with Crippen molar-refractivity contribution < 1.29 is 4.79 Å². The van der Waals surface area contributed by atoms with Crippen molar-refractivity contribution in [3.63, 3.8) is 0 Å². The summed E-state index contributed by atoms with van der Waals surface area (Å²) >= 11 is 2.36. The summed E-state index contributed by atoms with van der Waals surface area (Å²) in [6.07, 6.45) is 4.60. The molecule has 0 aromatic heterocycles. The Morgan fingerprint density at radius 3 is 2.31 bits per heavy atom. The van der Waals surface area contributed by atoms with E-state index in [1.54, 1.807) is 0 Å². The zero-order valence-corrected chi connectivity index (χ0v) is 12.8. The van der Waals surface area contributed by atoms with E-state index in [1.807, 2.05) is 0 Å². The number of hydrogen-bond donors (Lipinski definition) is 1. The molecule has 3 heteroatoms. The van der Waals surface area contributed by atoms with E-state index in [4.69, 9.17) is 0 Å². The van der Waals surface area contributed by atoms with Crippen LogP contribution in [0, 0.1) is 17.8 Å². The monoisotopic (exact) mass is 337 g/mol. The summed E-state index contributed by atoms with van der Waals surface area (Å²) in [6, 6.07) is 0.340. The molecule has 94 valence electrons. The minimum atomic E-state index is 0.278. The second-order valence-electron chi connectivity index (χ2n) is 5.47. The summed E-state index contributed by atoms with van der Waals surface area (Å²) in [7, 11) is 0. The van der Waals surface area contributed by atoms with Crippen molar-refractivity contribution in [1.29, 1.82) is 0 Å². The Kier molecular flexibility index (Phi) is 6.08. The second kappa shape index (κ2) is 6.82. The van der Waals surface area contributed by atoms with Gasteiger partial charge in [-0.2, -0.15) is 0 Å². The SMILES string of the molecule is CC1CCC(C(=O)NC(CI)C(C)C)CC1. The number of carbonyl (C=O) groups excluding carboxylic acids is 1. The number of hydrogen-bond acceptors (Lipinski definition) is 1. The lowest BCUT2D eigenvalue weighted by Crippen LogP contribution is -2.43. The minimum absolute atomic E-state index is 0.278. The van der Waals surface area contributed by atoms with Crippen molar-refractivity contribution in [2.24, 2.45) is 17.8 Å². The van der Waals surface area contributed by atoms with Gasteiger partial charge < -0.3 is 5.32 Å². The lowest BCUT2D eigenvalue weighted by molar-refractivity contribution is -0.127. The van der Waals surface area contributed by atoms with Crippen molar-refractivity contribution in [3.8, 4) is 0 Å². The Balaban J connectivity index is 2.39. The fourth-order valence-electron chi connectivity index (χ4n) is 2.21. The van der Waals surface area contributed by atoms with Crippen molar-refractivity contribution in [2.75, 3.05) is 4.43 Å². The van der Waals surface area contributed by atoms with Crippen LogP contribution in [-0.2, 0) is 4.79 Å². The number of carbonyl (C=O) groups is 1. The fourth-order valence-corrected chi connectivity index (χ4v) is 3.44. The molecule has 1 N–H and O–H groups in total. The van der Waals surface area contributed by atoms with Crippen molar-refractivity contribution >= 4 is 28.5 Å². The van der Waals surface area contributed by atoms with Crippen molar-refractivity contribution in [3.05, 3.63) is 0 Å². The van der Waals surface area contributed by atoms with Crippen LogP contribution in [0.1, 0.15) is 46.5 Å². The molecule has 1 amide bonds. The average molecular weight is 337 g/mol. The first kappa shape index (κ1) is 14.3. The van der Waals surface area contributed by atoms with E-state index < -0.39 is 0 Å². The Hall–Kier alpha value is 0.200. The van der Waals surface area contributed by atoms with E-state index in [-0.39, 0.29) is 5.92 Å². The third-order valence-corrected chi connectivity index (χ3v) is 4.63. The Labute approximate surface area is 113 Å². The van der Waals surface area contributed by atoms with Crippen LogP contribution in [-0.4, -0.2) is 16.4 Å². The van der Waals surface area contributed by atoms with E-state index in [2.05, 4.69) is 48.7 Å². The first-order valence-corrected chi connectivity index (χ1v) is 7.93. The highest BCUT2D eigenvalue weighted by Gasteiger charge is 2.26. The summed E-state index contributed by atoms with van der Waals surface area (Å²) < 4.78 is 1.00. The molecule has 1 fully saturated rings. The van der Waals surface area contributed by atoms with Crippen molar-refractivity contribution in [2.45, 2.75) is 52.5 Å². The highest BCUT2D eigenvalue weighted by molar-refractivity contribution is 14.1. The number of rotatable bonds is 4. The smallest absolute Gasteiger partial charge is 0.223 e. The predicted octanol–water partition coefficient (Wildman–Crippen LogP) is 3.39. The predicted molar refractivity (Wildman–Crippen MR) is 76.8 cm³/mol. The van der Waals surface area contributed by atoms with E-state index in [0.717, 1.165) is 23.2 Å². The first-order chi connectivity index (χ1) is 7.54. The number of nitrogens with one attached hydrogen (secondary N) is 1. The number of halogens is 1. The van der Waals surface area contributed by atoms with Gasteiger partial charge in [0.1, 0.15) is 0 Å². The Bertz CT molecular complexity index is 222. The van der Waals surface area contributed by atoms with Gasteiger partial charge in [0.15, 0.2) is 0 Å². The molecule has 1 unspecified atom stereocenters. The lowest BCUT2D eigenvalue weighted by atomic mass is 9.82. The Morgan fingerprint density at radius 2 is 1.88 bits per heavy atom. The summed E-state index contributed by atoms with van der Waals surface area (Å²) in [5.74, 6) is 1.92. The third-order valence-electron chi connectivity index (χ3n) is 3.69. The molecule has 1 rings (SSSR count). The molecule has 0 bridgehead atoms.